The number of carbonyl (C=O) groups is 1. The number of carbonyl (C=O) groups excluding carboxylic acids is 1. The van der Waals surface area contributed by atoms with Gasteiger partial charge in [-0.2, -0.15) is 0 Å². The third-order valence-electron chi connectivity index (χ3n) is 10.7. The van der Waals surface area contributed by atoms with Crippen LogP contribution in [0.25, 0.3) is 0 Å². The molecule has 10 unspecified atom stereocenters. The van der Waals surface area contributed by atoms with Crippen LogP contribution in [-0.2, 0) is 19.4 Å². The summed E-state index contributed by atoms with van der Waals surface area (Å²) in [6, 6.07) is 0. The predicted molar refractivity (Wildman–Crippen MR) is 121 cm³/mol. The Bertz CT molecular complexity index is 854. The van der Waals surface area contributed by atoms with Gasteiger partial charge in [0, 0.05) is 6.42 Å². The van der Waals surface area contributed by atoms with E-state index in [1.807, 2.05) is 0 Å². The number of ketones is 1. The summed E-state index contributed by atoms with van der Waals surface area (Å²) in [5.41, 5.74) is 0.148. The Morgan fingerprint density at radius 3 is 2.41 bits per heavy atom. The topological polar surface area (TPSA) is 104 Å². The van der Waals surface area contributed by atoms with Crippen LogP contribution in [0, 0.1) is 46.3 Å². The average molecular weight is 511 g/mol. The number of alkyl halides is 1. The van der Waals surface area contributed by atoms with Gasteiger partial charge in [0.05, 0.1) is 12.2 Å². The van der Waals surface area contributed by atoms with Crippen LogP contribution in [0.3, 0.4) is 0 Å². The molecule has 0 radical (unpaired) electrons. The smallest absolute Gasteiger partial charge is 0.726 e. The second kappa shape index (κ2) is 10.7. The Balaban J connectivity index is 0.00000324. The van der Waals surface area contributed by atoms with E-state index >= 15 is 0 Å². The summed E-state index contributed by atoms with van der Waals surface area (Å²) in [6.45, 7) is 6.02. The molecule has 4 aliphatic carbocycles. The molecule has 6 nitrogen and oxygen atoms in total. The van der Waals surface area contributed by atoms with Crippen molar-refractivity contribution in [2.45, 2.75) is 97.2 Å². The van der Waals surface area contributed by atoms with E-state index < -0.39 is 29.3 Å². The summed E-state index contributed by atoms with van der Waals surface area (Å²) < 4.78 is 50.8. The minimum Gasteiger partial charge on any atom is -0.726 e. The van der Waals surface area contributed by atoms with Gasteiger partial charge in [-0.25, -0.2) is 12.8 Å². The summed E-state index contributed by atoms with van der Waals surface area (Å²) >= 11 is 0. The fourth-order valence-corrected chi connectivity index (χ4v) is 9.58. The fraction of sp³-hybridized carbons (Fsp3) is 0.960. The van der Waals surface area contributed by atoms with Crippen LogP contribution < -0.4 is 29.6 Å². The molecule has 0 heterocycles. The van der Waals surface area contributed by atoms with Gasteiger partial charge in [0.25, 0.3) is 0 Å². The standard InChI is InChI=1S/C25H41FO6S.Na/c1-15(4-5-17(27)14-26)19-6-7-20-23-21(9-11-25(19,20)3)24(2)10-8-18(32-33(29,30)31)12-16(24)13-22(23)28;/h15-16,18-23,28H,4-14H2,1-3H3,(H,29,30,31);/q;+1/p-1. The monoisotopic (exact) mass is 510 g/mol. The largest absolute Gasteiger partial charge is 1.00 e. The van der Waals surface area contributed by atoms with Gasteiger partial charge in [0.2, 0.25) is 10.4 Å². The van der Waals surface area contributed by atoms with Crippen LogP contribution in [0.15, 0.2) is 0 Å². The summed E-state index contributed by atoms with van der Waals surface area (Å²) in [5.74, 6) is 1.74. The maximum atomic E-state index is 12.6. The molecule has 9 heteroatoms. The molecule has 0 aromatic heterocycles. The average Bonchev–Trinajstić information content (AvgIpc) is 3.09. The minimum atomic E-state index is -4.72. The molecule has 34 heavy (non-hydrogen) atoms. The van der Waals surface area contributed by atoms with Crippen LogP contribution in [0.5, 0.6) is 0 Å². The number of halogens is 1. The molecular weight excluding hydrogens is 470 g/mol. The molecule has 4 fully saturated rings. The Kier molecular flexibility index (Phi) is 9.09. The number of aliphatic hydroxyl groups is 1. The molecular formula is C25H40FNaO6S. The maximum Gasteiger partial charge on any atom is 1.00 e. The molecule has 0 aromatic carbocycles. The quantitative estimate of drug-likeness (QED) is 0.316. The van der Waals surface area contributed by atoms with Crippen molar-refractivity contribution in [1.82, 2.24) is 0 Å². The second-order valence-electron chi connectivity index (χ2n) is 12.1. The van der Waals surface area contributed by atoms with Crippen molar-refractivity contribution in [2.75, 3.05) is 6.67 Å². The van der Waals surface area contributed by atoms with E-state index in [-0.39, 0.29) is 58.0 Å². The van der Waals surface area contributed by atoms with E-state index in [1.165, 1.54) is 0 Å². The number of fused-ring (bicyclic) bond motifs is 5. The molecule has 0 aromatic rings. The minimum absolute atomic E-state index is 0. The van der Waals surface area contributed by atoms with Gasteiger partial charge in [0.1, 0.15) is 6.67 Å². The van der Waals surface area contributed by atoms with Crippen LogP contribution >= 0.6 is 0 Å². The fourth-order valence-electron chi connectivity index (χ4n) is 9.07. The molecule has 10 atom stereocenters. The van der Waals surface area contributed by atoms with E-state index in [0.717, 1.165) is 38.5 Å². The molecule has 0 bridgehead atoms. The van der Waals surface area contributed by atoms with Crippen molar-refractivity contribution in [2.24, 2.45) is 46.3 Å². The first-order valence-corrected chi connectivity index (χ1v) is 14.1. The predicted octanol–water partition coefficient (Wildman–Crippen LogP) is 1.42. The van der Waals surface area contributed by atoms with E-state index in [1.54, 1.807) is 0 Å². The van der Waals surface area contributed by atoms with Gasteiger partial charge >= 0.3 is 29.6 Å². The molecule has 0 amide bonds. The zero-order valence-corrected chi connectivity index (χ0v) is 24.0. The van der Waals surface area contributed by atoms with Crippen LogP contribution in [0.4, 0.5) is 4.39 Å². The molecule has 190 valence electrons. The first-order chi connectivity index (χ1) is 15.4. The van der Waals surface area contributed by atoms with Crippen molar-refractivity contribution in [3.8, 4) is 0 Å². The van der Waals surface area contributed by atoms with Gasteiger partial charge in [-0.1, -0.05) is 20.8 Å². The van der Waals surface area contributed by atoms with Crippen LogP contribution in [0.1, 0.15) is 85.0 Å². The van der Waals surface area contributed by atoms with Crippen molar-refractivity contribution in [3.63, 3.8) is 0 Å². The van der Waals surface area contributed by atoms with Crippen molar-refractivity contribution < 1.29 is 61.0 Å². The summed E-state index contributed by atoms with van der Waals surface area (Å²) in [4.78, 5) is 11.5. The Morgan fingerprint density at radius 2 is 1.76 bits per heavy atom. The zero-order chi connectivity index (χ0) is 24.2. The molecule has 4 aliphatic rings. The van der Waals surface area contributed by atoms with Gasteiger partial charge < -0.3 is 9.66 Å². The van der Waals surface area contributed by atoms with Gasteiger partial charge in [0.15, 0.2) is 5.78 Å². The van der Waals surface area contributed by atoms with Crippen LogP contribution in [0.2, 0.25) is 0 Å². The van der Waals surface area contributed by atoms with E-state index in [9.17, 15) is 27.3 Å². The van der Waals surface area contributed by atoms with E-state index in [2.05, 4.69) is 20.8 Å². The van der Waals surface area contributed by atoms with Crippen molar-refractivity contribution in [3.05, 3.63) is 0 Å². The molecule has 4 saturated carbocycles. The Labute approximate surface area is 226 Å². The molecule has 0 spiro atoms. The van der Waals surface area contributed by atoms with Gasteiger partial charge in [-0.05, 0) is 104 Å². The first kappa shape index (κ1) is 29.0. The normalized spacial score (nSPS) is 44.8. The molecule has 4 rings (SSSR count). The van der Waals surface area contributed by atoms with Gasteiger partial charge in [-0.15, -0.1) is 0 Å². The second-order valence-corrected chi connectivity index (χ2v) is 13.1. The SMILES string of the molecule is CC(CCC(=O)CF)C1CCC2C3C(O)CC4CC(OS(=O)(=O)[O-])CCC4(C)C3CCC12C.[Na+]. The molecule has 0 aliphatic heterocycles. The van der Waals surface area contributed by atoms with Crippen molar-refractivity contribution in [1.29, 1.82) is 0 Å². The first-order valence-electron chi connectivity index (χ1n) is 12.8. The zero-order valence-electron chi connectivity index (χ0n) is 21.2. The van der Waals surface area contributed by atoms with Crippen molar-refractivity contribution >= 4 is 16.2 Å². The third kappa shape index (κ3) is 5.34. The molecule has 0 saturated heterocycles. The van der Waals surface area contributed by atoms with Gasteiger partial charge in [-0.3, -0.25) is 8.98 Å². The number of aliphatic hydroxyl groups excluding tert-OH is 1. The molecule has 1 N–H and O–H groups in total. The number of rotatable bonds is 7. The third-order valence-corrected chi connectivity index (χ3v) is 11.2. The Hall–Kier alpha value is 0.430. The number of Topliss-reactive ketones (excluding diaryl/α,β-unsaturated/α-hetero) is 1. The Morgan fingerprint density at radius 1 is 1.12 bits per heavy atom. The van der Waals surface area contributed by atoms with E-state index in [4.69, 9.17) is 4.18 Å². The maximum absolute atomic E-state index is 12.6. The van der Waals surface area contributed by atoms with E-state index in [0.29, 0.717) is 49.4 Å². The number of hydrogen-bond donors (Lipinski definition) is 1. The summed E-state index contributed by atoms with van der Waals surface area (Å²) in [5, 5.41) is 11.4. The number of hydrogen-bond acceptors (Lipinski definition) is 6. The summed E-state index contributed by atoms with van der Waals surface area (Å²) in [7, 11) is -4.72. The summed E-state index contributed by atoms with van der Waals surface area (Å²) in [6.07, 6.45) is 6.89. The van der Waals surface area contributed by atoms with Crippen LogP contribution in [-0.4, -0.2) is 42.7 Å².